The van der Waals surface area contributed by atoms with Crippen LogP contribution in [0.15, 0.2) is 41.0 Å². The molecule has 4 nitrogen and oxygen atoms in total. The highest BCUT2D eigenvalue weighted by atomic mass is 32.1. The molecule has 1 aromatic carbocycles. The van der Waals surface area contributed by atoms with Gasteiger partial charge in [-0.25, -0.2) is 0 Å². The zero-order valence-electron chi connectivity index (χ0n) is 13.4. The number of benzene rings is 1. The Morgan fingerprint density at radius 2 is 2.00 bits per heavy atom. The summed E-state index contributed by atoms with van der Waals surface area (Å²) in [7, 11) is 0. The van der Waals surface area contributed by atoms with E-state index in [2.05, 4.69) is 33.5 Å². The summed E-state index contributed by atoms with van der Waals surface area (Å²) < 4.78 is 2.35. The van der Waals surface area contributed by atoms with Gasteiger partial charge in [-0.2, -0.15) is 14.9 Å². The van der Waals surface area contributed by atoms with Gasteiger partial charge in [0.2, 0.25) is 4.77 Å². The van der Waals surface area contributed by atoms with E-state index in [0.29, 0.717) is 10.7 Å². The molecular formula is C18H22N4S. The number of allylic oxidation sites excluding steroid dienone is 1. The maximum atomic E-state index is 5.34. The first kappa shape index (κ1) is 15.9. The quantitative estimate of drug-likeness (QED) is 0.640. The summed E-state index contributed by atoms with van der Waals surface area (Å²) in [6.07, 6.45) is 10.2. The van der Waals surface area contributed by atoms with Crippen LogP contribution in [0.25, 0.3) is 6.08 Å². The first-order valence-electron chi connectivity index (χ1n) is 8.19. The minimum atomic E-state index is 0.465. The molecular weight excluding hydrogens is 304 g/mol. The Bertz CT molecular complexity index is 749. The standard InChI is InChI=1S/C18H22N4S/c1-14(12-15-8-4-2-5-9-15)13-19-22-17(20-21-18(22)23)16-10-6-3-7-11-16/h2,4-5,8-9,12-13,16H,3,6-7,10-11H2,1H3,(H,21,23)/b14-12+,19-13+. The third-order valence-electron chi connectivity index (χ3n) is 4.22. The Balaban J connectivity index is 1.81. The lowest BCUT2D eigenvalue weighted by atomic mass is 9.89. The number of hydrogen-bond acceptors (Lipinski definition) is 3. The van der Waals surface area contributed by atoms with Crippen molar-refractivity contribution >= 4 is 24.5 Å². The number of H-pyrrole nitrogens is 1. The number of hydrogen-bond donors (Lipinski definition) is 1. The van der Waals surface area contributed by atoms with E-state index in [1.165, 1.54) is 37.7 Å². The van der Waals surface area contributed by atoms with Gasteiger partial charge in [-0.3, -0.25) is 5.10 Å². The fourth-order valence-corrected chi connectivity index (χ4v) is 3.23. The Morgan fingerprint density at radius 3 is 2.74 bits per heavy atom. The first-order valence-corrected chi connectivity index (χ1v) is 8.60. The second-order valence-corrected chi connectivity index (χ2v) is 6.46. The molecule has 1 aromatic heterocycles. The summed E-state index contributed by atoms with van der Waals surface area (Å²) in [6.45, 7) is 2.04. The van der Waals surface area contributed by atoms with Crippen molar-refractivity contribution in [3.05, 3.63) is 52.1 Å². The summed E-state index contributed by atoms with van der Waals surface area (Å²) in [4.78, 5) is 0. The van der Waals surface area contributed by atoms with Crippen LogP contribution in [0.1, 0.15) is 56.3 Å². The fraction of sp³-hybridized carbons (Fsp3) is 0.389. The van der Waals surface area contributed by atoms with Crippen LogP contribution in [0.4, 0.5) is 0 Å². The van der Waals surface area contributed by atoms with E-state index >= 15 is 0 Å². The molecule has 2 aromatic rings. The average molecular weight is 326 g/mol. The molecule has 0 aliphatic heterocycles. The van der Waals surface area contributed by atoms with Crippen molar-refractivity contribution in [3.63, 3.8) is 0 Å². The molecule has 0 radical (unpaired) electrons. The molecule has 1 N–H and O–H groups in total. The highest BCUT2D eigenvalue weighted by Gasteiger charge is 2.21. The fourth-order valence-electron chi connectivity index (χ4n) is 3.04. The third kappa shape index (κ3) is 4.05. The zero-order valence-corrected chi connectivity index (χ0v) is 14.2. The van der Waals surface area contributed by atoms with Gasteiger partial charge in [-0.1, -0.05) is 55.7 Å². The van der Waals surface area contributed by atoms with Gasteiger partial charge in [0.05, 0.1) is 6.21 Å². The van der Waals surface area contributed by atoms with E-state index in [1.807, 2.05) is 31.3 Å². The molecule has 0 unspecified atom stereocenters. The molecule has 1 saturated carbocycles. The van der Waals surface area contributed by atoms with Crippen LogP contribution in [0.5, 0.6) is 0 Å². The molecule has 1 aliphatic carbocycles. The Hall–Kier alpha value is -2.01. The molecule has 1 aliphatic rings. The maximum absolute atomic E-state index is 5.34. The molecule has 0 amide bonds. The Kier molecular flexibility index (Phi) is 5.18. The zero-order chi connectivity index (χ0) is 16.1. The maximum Gasteiger partial charge on any atom is 0.216 e. The summed E-state index contributed by atoms with van der Waals surface area (Å²) >= 11 is 5.34. The summed E-state index contributed by atoms with van der Waals surface area (Å²) in [5.41, 5.74) is 2.24. The number of nitrogens with one attached hydrogen (secondary N) is 1. The normalized spacial score (nSPS) is 17.0. The van der Waals surface area contributed by atoms with Crippen LogP contribution < -0.4 is 0 Å². The molecule has 0 spiro atoms. The monoisotopic (exact) mass is 326 g/mol. The van der Waals surface area contributed by atoms with Crippen molar-refractivity contribution in [2.24, 2.45) is 5.10 Å². The van der Waals surface area contributed by atoms with Gasteiger partial charge in [0.1, 0.15) is 0 Å². The molecule has 0 bridgehead atoms. The number of rotatable bonds is 4. The predicted molar refractivity (Wildman–Crippen MR) is 97.2 cm³/mol. The first-order chi connectivity index (χ1) is 11.2. The van der Waals surface area contributed by atoms with E-state index in [0.717, 1.165) is 11.4 Å². The minimum absolute atomic E-state index is 0.465. The molecule has 1 heterocycles. The minimum Gasteiger partial charge on any atom is -0.250 e. The average Bonchev–Trinajstić information content (AvgIpc) is 2.95. The van der Waals surface area contributed by atoms with Crippen LogP contribution in [0.2, 0.25) is 0 Å². The van der Waals surface area contributed by atoms with Gasteiger partial charge in [0.15, 0.2) is 5.82 Å². The Labute approximate surface area is 141 Å². The lowest BCUT2D eigenvalue weighted by Crippen LogP contribution is -2.10. The molecule has 5 heteroatoms. The van der Waals surface area contributed by atoms with Gasteiger partial charge >= 0.3 is 0 Å². The highest BCUT2D eigenvalue weighted by Crippen LogP contribution is 2.31. The number of aromatic nitrogens is 3. The molecule has 1 fully saturated rings. The molecule has 0 saturated heterocycles. The second-order valence-electron chi connectivity index (χ2n) is 6.08. The smallest absolute Gasteiger partial charge is 0.216 e. The van der Waals surface area contributed by atoms with Gasteiger partial charge in [-0.15, -0.1) is 0 Å². The van der Waals surface area contributed by atoms with Gasteiger partial charge in [-0.05, 0) is 43.1 Å². The van der Waals surface area contributed by atoms with Crippen molar-refractivity contribution in [3.8, 4) is 0 Å². The highest BCUT2D eigenvalue weighted by molar-refractivity contribution is 7.71. The summed E-state index contributed by atoms with van der Waals surface area (Å²) in [6, 6.07) is 10.2. The summed E-state index contributed by atoms with van der Waals surface area (Å²) in [5, 5.41) is 11.9. The molecule has 0 atom stereocenters. The third-order valence-corrected chi connectivity index (χ3v) is 4.48. The van der Waals surface area contributed by atoms with Crippen molar-refractivity contribution < 1.29 is 0 Å². The van der Waals surface area contributed by atoms with Crippen LogP contribution in [-0.4, -0.2) is 21.1 Å². The van der Waals surface area contributed by atoms with Crippen LogP contribution in [0, 0.1) is 4.77 Å². The van der Waals surface area contributed by atoms with Crippen molar-refractivity contribution in [1.29, 1.82) is 0 Å². The second kappa shape index (κ2) is 7.51. The van der Waals surface area contributed by atoms with Crippen molar-refractivity contribution in [1.82, 2.24) is 14.9 Å². The lowest BCUT2D eigenvalue weighted by molar-refractivity contribution is 0.419. The van der Waals surface area contributed by atoms with Gasteiger partial charge in [0, 0.05) is 5.92 Å². The Morgan fingerprint density at radius 1 is 1.26 bits per heavy atom. The van der Waals surface area contributed by atoms with Crippen molar-refractivity contribution in [2.75, 3.05) is 0 Å². The van der Waals surface area contributed by atoms with E-state index in [9.17, 15) is 0 Å². The van der Waals surface area contributed by atoms with Crippen LogP contribution >= 0.6 is 12.2 Å². The van der Waals surface area contributed by atoms with Crippen LogP contribution in [-0.2, 0) is 0 Å². The van der Waals surface area contributed by atoms with Crippen molar-refractivity contribution in [2.45, 2.75) is 44.9 Å². The largest absolute Gasteiger partial charge is 0.250 e. The molecule has 3 rings (SSSR count). The van der Waals surface area contributed by atoms with Crippen LogP contribution in [0.3, 0.4) is 0 Å². The predicted octanol–water partition coefficient (Wildman–Crippen LogP) is 4.93. The summed E-state index contributed by atoms with van der Waals surface area (Å²) in [5.74, 6) is 1.44. The lowest BCUT2D eigenvalue weighted by Gasteiger charge is -2.19. The number of nitrogens with zero attached hydrogens (tertiary/aromatic N) is 3. The topological polar surface area (TPSA) is 46.0 Å². The molecule has 120 valence electrons. The van der Waals surface area contributed by atoms with E-state index in [1.54, 1.807) is 4.68 Å². The molecule has 23 heavy (non-hydrogen) atoms. The van der Waals surface area contributed by atoms with Gasteiger partial charge < -0.3 is 0 Å². The van der Waals surface area contributed by atoms with Gasteiger partial charge in [0.25, 0.3) is 0 Å². The van der Waals surface area contributed by atoms with E-state index < -0.39 is 0 Å². The SMILES string of the molecule is CC(/C=N/n1c(C2CCCCC2)n[nH]c1=S)=C\c1ccccc1. The number of aromatic amines is 1. The van der Waals surface area contributed by atoms with E-state index in [4.69, 9.17) is 12.2 Å². The van der Waals surface area contributed by atoms with E-state index in [-0.39, 0.29) is 0 Å².